The first kappa shape index (κ1) is 14.2. The van der Waals surface area contributed by atoms with Gasteiger partial charge in [0.15, 0.2) is 0 Å². The van der Waals surface area contributed by atoms with Gasteiger partial charge in [0.2, 0.25) is 0 Å². The minimum atomic E-state index is -0.692. The number of nitrogens with one attached hydrogen (secondary N) is 1. The third-order valence-electron chi connectivity index (χ3n) is 3.84. The van der Waals surface area contributed by atoms with Gasteiger partial charge >= 0.3 is 0 Å². The summed E-state index contributed by atoms with van der Waals surface area (Å²) in [6.45, 7) is 4.45. The molecule has 2 heterocycles. The first-order valence-electron chi connectivity index (χ1n) is 6.97. The predicted molar refractivity (Wildman–Crippen MR) is 68.6 cm³/mol. The molecule has 0 radical (unpaired) electrons. The van der Waals surface area contributed by atoms with E-state index in [9.17, 15) is 4.39 Å². The largest absolute Gasteiger partial charge is 0.382 e. The van der Waals surface area contributed by atoms with E-state index in [1.807, 2.05) is 0 Å². The van der Waals surface area contributed by atoms with Crippen LogP contribution in [0.4, 0.5) is 4.39 Å². The van der Waals surface area contributed by atoms with Crippen molar-refractivity contribution in [2.24, 2.45) is 0 Å². The molecule has 0 aromatic heterocycles. The van der Waals surface area contributed by atoms with Crippen LogP contribution in [0.5, 0.6) is 0 Å². The smallest absolute Gasteiger partial charge is 0.114 e. The number of hydrogen-bond donors (Lipinski definition) is 1. The van der Waals surface area contributed by atoms with Crippen LogP contribution in [0.1, 0.15) is 19.3 Å². The van der Waals surface area contributed by atoms with E-state index in [0.717, 1.165) is 13.1 Å². The third kappa shape index (κ3) is 4.16. The van der Waals surface area contributed by atoms with Gasteiger partial charge in [0, 0.05) is 32.3 Å². The van der Waals surface area contributed by atoms with Gasteiger partial charge in [-0.2, -0.15) is 0 Å². The van der Waals surface area contributed by atoms with Crippen LogP contribution < -0.4 is 5.32 Å². The SMILES string of the molecule is COCCOC[C@@H]1C[C@H](F)CN1C[C@@H]1CCCN1. The molecule has 106 valence electrons. The zero-order valence-corrected chi connectivity index (χ0v) is 11.2. The summed E-state index contributed by atoms with van der Waals surface area (Å²) in [5.74, 6) is 0. The van der Waals surface area contributed by atoms with E-state index in [0.29, 0.717) is 38.8 Å². The van der Waals surface area contributed by atoms with Crippen LogP contribution >= 0.6 is 0 Å². The van der Waals surface area contributed by atoms with Gasteiger partial charge in [0.05, 0.1) is 19.8 Å². The molecule has 3 atom stereocenters. The molecule has 2 aliphatic rings. The van der Waals surface area contributed by atoms with E-state index in [1.165, 1.54) is 12.8 Å². The number of alkyl halides is 1. The summed E-state index contributed by atoms with van der Waals surface area (Å²) in [5, 5.41) is 3.47. The minimum absolute atomic E-state index is 0.235. The highest BCUT2D eigenvalue weighted by atomic mass is 19.1. The van der Waals surface area contributed by atoms with Crippen molar-refractivity contribution < 1.29 is 13.9 Å². The Bertz CT molecular complexity index is 237. The predicted octanol–water partition coefficient (Wildman–Crippen LogP) is 0.814. The fourth-order valence-corrected chi connectivity index (χ4v) is 2.88. The fourth-order valence-electron chi connectivity index (χ4n) is 2.88. The molecule has 0 aromatic carbocycles. The van der Waals surface area contributed by atoms with Crippen molar-refractivity contribution in [3.05, 3.63) is 0 Å². The van der Waals surface area contributed by atoms with E-state index < -0.39 is 6.17 Å². The Morgan fingerprint density at radius 3 is 3.00 bits per heavy atom. The van der Waals surface area contributed by atoms with Crippen molar-refractivity contribution in [2.45, 2.75) is 37.5 Å². The number of halogens is 1. The third-order valence-corrected chi connectivity index (χ3v) is 3.84. The van der Waals surface area contributed by atoms with Crippen LogP contribution in [0, 0.1) is 0 Å². The van der Waals surface area contributed by atoms with Crippen LogP contribution in [0.25, 0.3) is 0 Å². The molecule has 0 bridgehead atoms. The molecule has 5 heteroatoms. The normalized spacial score (nSPS) is 33.3. The molecular formula is C13H25FN2O2. The Morgan fingerprint density at radius 1 is 1.39 bits per heavy atom. The molecule has 0 aromatic rings. The summed E-state index contributed by atoms with van der Waals surface area (Å²) < 4.78 is 24.0. The second-order valence-electron chi connectivity index (χ2n) is 5.30. The summed E-state index contributed by atoms with van der Waals surface area (Å²) in [6, 6.07) is 0.774. The van der Waals surface area contributed by atoms with E-state index in [2.05, 4.69) is 10.2 Å². The van der Waals surface area contributed by atoms with Crippen molar-refractivity contribution in [3.8, 4) is 0 Å². The van der Waals surface area contributed by atoms with Gasteiger partial charge in [0.1, 0.15) is 6.17 Å². The molecular weight excluding hydrogens is 235 g/mol. The lowest BCUT2D eigenvalue weighted by atomic mass is 10.2. The molecule has 1 N–H and O–H groups in total. The summed E-state index contributed by atoms with van der Waals surface area (Å²) in [7, 11) is 1.66. The summed E-state index contributed by atoms with van der Waals surface area (Å²) >= 11 is 0. The van der Waals surface area contributed by atoms with Gasteiger partial charge in [0.25, 0.3) is 0 Å². The Hall–Kier alpha value is -0.230. The topological polar surface area (TPSA) is 33.7 Å². The minimum Gasteiger partial charge on any atom is -0.382 e. The van der Waals surface area contributed by atoms with Gasteiger partial charge in [-0.05, 0) is 25.8 Å². The second kappa shape index (κ2) is 7.38. The fraction of sp³-hybridized carbons (Fsp3) is 1.00. The number of methoxy groups -OCH3 is 1. The van der Waals surface area contributed by atoms with Crippen LogP contribution in [0.15, 0.2) is 0 Å². The highest BCUT2D eigenvalue weighted by Gasteiger charge is 2.33. The average Bonchev–Trinajstić information content (AvgIpc) is 2.96. The lowest BCUT2D eigenvalue weighted by Gasteiger charge is -2.26. The second-order valence-corrected chi connectivity index (χ2v) is 5.30. The molecule has 2 saturated heterocycles. The van der Waals surface area contributed by atoms with E-state index in [-0.39, 0.29) is 6.04 Å². The Balaban J connectivity index is 1.71. The molecule has 0 amide bonds. The maximum Gasteiger partial charge on any atom is 0.114 e. The monoisotopic (exact) mass is 260 g/mol. The van der Waals surface area contributed by atoms with Gasteiger partial charge in [-0.15, -0.1) is 0 Å². The quantitative estimate of drug-likeness (QED) is 0.687. The molecule has 0 spiro atoms. The van der Waals surface area contributed by atoms with Gasteiger partial charge in [-0.3, -0.25) is 4.90 Å². The molecule has 2 rings (SSSR count). The number of nitrogens with zero attached hydrogens (tertiary/aromatic N) is 1. The number of rotatable bonds is 7. The van der Waals surface area contributed by atoms with E-state index in [1.54, 1.807) is 7.11 Å². The van der Waals surface area contributed by atoms with Crippen molar-refractivity contribution in [1.29, 1.82) is 0 Å². The van der Waals surface area contributed by atoms with Crippen molar-refractivity contribution in [1.82, 2.24) is 10.2 Å². The van der Waals surface area contributed by atoms with Crippen molar-refractivity contribution in [3.63, 3.8) is 0 Å². The van der Waals surface area contributed by atoms with Crippen LogP contribution in [0.3, 0.4) is 0 Å². The van der Waals surface area contributed by atoms with Crippen molar-refractivity contribution >= 4 is 0 Å². The lowest BCUT2D eigenvalue weighted by Crippen LogP contribution is -2.42. The van der Waals surface area contributed by atoms with Crippen LogP contribution in [0.2, 0.25) is 0 Å². The van der Waals surface area contributed by atoms with E-state index in [4.69, 9.17) is 9.47 Å². The standard InChI is InChI=1S/C13H25FN2O2/c1-17-5-6-18-10-13-7-11(14)8-16(13)9-12-3-2-4-15-12/h11-13,15H,2-10H2,1H3/t11-,12-,13-/m0/s1. The molecule has 4 nitrogen and oxygen atoms in total. The van der Waals surface area contributed by atoms with E-state index >= 15 is 0 Å². The molecule has 0 aliphatic carbocycles. The molecule has 0 unspecified atom stereocenters. The molecule has 2 fully saturated rings. The highest BCUT2D eigenvalue weighted by molar-refractivity contribution is 4.89. The maximum atomic E-state index is 13.5. The van der Waals surface area contributed by atoms with Gasteiger partial charge in [-0.1, -0.05) is 0 Å². The van der Waals surface area contributed by atoms with Crippen LogP contribution in [-0.2, 0) is 9.47 Å². The lowest BCUT2D eigenvalue weighted by molar-refractivity contribution is 0.0390. The average molecular weight is 260 g/mol. The Morgan fingerprint density at radius 2 is 2.28 bits per heavy atom. The molecule has 0 saturated carbocycles. The van der Waals surface area contributed by atoms with Gasteiger partial charge < -0.3 is 14.8 Å². The summed E-state index contributed by atoms with van der Waals surface area (Å²) in [5.41, 5.74) is 0. The zero-order valence-electron chi connectivity index (χ0n) is 11.2. The summed E-state index contributed by atoms with van der Waals surface area (Å²) in [6.07, 6.45) is 2.37. The Kier molecular flexibility index (Phi) is 5.82. The highest BCUT2D eigenvalue weighted by Crippen LogP contribution is 2.22. The maximum absolute atomic E-state index is 13.5. The number of ether oxygens (including phenoxy) is 2. The summed E-state index contributed by atoms with van der Waals surface area (Å²) in [4.78, 5) is 2.25. The molecule has 2 aliphatic heterocycles. The van der Waals surface area contributed by atoms with Crippen LogP contribution in [-0.4, -0.2) is 69.7 Å². The van der Waals surface area contributed by atoms with Gasteiger partial charge in [-0.25, -0.2) is 4.39 Å². The zero-order chi connectivity index (χ0) is 12.8. The molecule has 18 heavy (non-hydrogen) atoms. The number of likely N-dealkylation sites (tertiary alicyclic amines) is 1. The number of hydrogen-bond acceptors (Lipinski definition) is 4. The van der Waals surface area contributed by atoms with Crippen molar-refractivity contribution in [2.75, 3.05) is 46.6 Å². The Labute approximate surface area is 109 Å². The first-order valence-corrected chi connectivity index (χ1v) is 6.97. The first-order chi connectivity index (χ1) is 8.79.